The van der Waals surface area contributed by atoms with E-state index in [4.69, 9.17) is 0 Å². The van der Waals surface area contributed by atoms with Crippen molar-refractivity contribution in [2.45, 2.75) is 94.4 Å². The molecule has 0 heteroatoms. The zero-order valence-corrected chi connectivity index (χ0v) is 24.0. The van der Waals surface area contributed by atoms with E-state index in [9.17, 15) is 0 Å². The van der Waals surface area contributed by atoms with Crippen LogP contribution < -0.4 is 0 Å². The molecule has 0 radical (unpaired) electrons. The van der Waals surface area contributed by atoms with Crippen molar-refractivity contribution in [1.82, 2.24) is 0 Å². The van der Waals surface area contributed by atoms with Crippen LogP contribution in [0.3, 0.4) is 0 Å². The number of aryl methyl sites for hydroxylation is 1. The van der Waals surface area contributed by atoms with Crippen molar-refractivity contribution in [3.63, 3.8) is 0 Å². The minimum atomic E-state index is 1.02. The van der Waals surface area contributed by atoms with E-state index in [1.807, 2.05) is 34.6 Å². The van der Waals surface area contributed by atoms with Gasteiger partial charge in [0, 0.05) is 0 Å². The third kappa shape index (κ3) is 18.1. The lowest BCUT2D eigenvalue weighted by molar-refractivity contribution is 0.555. The van der Waals surface area contributed by atoms with Gasteiger partial charge in [-0.15, -0.1) is 6.58 Å². The Morgan fingerprint density at radius 2 is 1.32 bits per heavy atom. The van der Waals surface area contributed by atoms with E-state index in [1.165, 1.54) is 41.5 Å². The first kappa shape index (κ1) is 33.8. The van der Waals surface area contributed by atoms with E-state index >= 15 is 0 Å². The Kier molecular flexibility index (Phi) is 22.3. The fourth-order valence-electron chi connectivity index (χ4n) is 3.53. The summed E-state index contributed by atoms with van der Waals surface area (Å²) in [6.45, 7) is 26.0. The highest BCUT2D eigenvalue weighted by atomic mass is 14.2. The average Bonchev–Trinajstić information content (AvgIpc) is 3.24. The highest BCUT2D eigenvalue weighted by molar-refractivity contribution is 5.29. The van der Waals surface area contributed by atoms with E-state index in [2.05, 4.69) is 102 Å². The Hall–Kier alpha value is -2.34. The maximum absolute atomic E-state index is 3.76. The number of benzene rings is 2. The van der Waals surface area contributed by atoms with Gasteiger partial charge in [-0.05, 0) is 75.5 Å². The van der Waals surface area contributed by atoms with Crippen LogP contribution in [0.2, 0.25) is 0 Å². The van der Waals surface area contributed by atoms with Crippen molar-refractivity contribution in [2.75, 3.05) is 0 Å². The normalized spacial score (nSPS) is 16.1. The zero-order valence-electron chi connectivity index (χ0n) is 24.0. The molecule has 1 fully saturated rings. The minimum Gasteiger partial charge on any atom is -0.103 e. The minimum absolute atomic E-state index is 1.02. The third-order valence-corrected chi connectivity index (χ3v) is 5.71. The smallest absolute Gasteiger partial charge is 0.00257 e. The molecule has 1 aliphatic carbocycles. The first-order valence-electron chi connectivity index (χ1n) is 13.2. The molecule has 1 aliphatic rings. The largest absolute Gasteiger partial charge is 0.103 e. The van der Waals surface area contributed by atoms with Gasteiger partial charge in [0.05, 0.1) is 0 Å². The molecular formula is C34H54. The SMILES string of the molecule is C=C(C)/C(C)=C/C.C=CC.CC.CC1CC[C@@H](C)C1.CCc1cccc(Cc2ccccc2)c1. The van der Waals surface area contributed by atoms with Gasteiger partial charge in [-0.1, -0.05) is 132 Å². The number of allylic oxidation sites excluding steroid dienone is 4. The summed E-state index contributed by atoms with van der Waals surface area (Å²) < 4.78 is 0. The van der Waals surface area contributed by atoms with Gasteiger partial charge in [-0.3, -0.25) is 0 Å². The quantitative estimate of drug-likeness (QED) is 0.313. The van der Waals surface area contributed by atoms with Crippen molar-refractivity contribution in [3.05, 3.63) is 108 Å². The Morgan fingerprint density at radius 3 is 1.68 bits per heavy atom. The van der Waals surface area contributed by atoms with Gasteiger partial charge in [0.15, 0.2) is 0 Å². The molecule has 0 heterocycles. The van der Waals surface area contributed by atoms with Crippen molar-refractivity contribution >= 4 is 0 Å². The molecular weight excluding hydrogens is 408 g/mol. The molecule has 2 atom stereocenters. The Bertz CT molecular complexity index is 771. The second-order valence-electron chi connectivity index (χ2n) is 9.02. The Morgan fingerprint density at radius 1 is 0.853 bits per heavy atom. The third-order valence-electron chi connectivity index (χ3n) is 5.71. The van der Waals surface area contributed by atoms with Gasteiger partial charge in [0.1, 0.15) is 0 Å². The second-order valence-corrected chi connectivity index (χ2v) is 9.02. The first-order valence-corrected chi connectivity index (χ1v) is 13.2. The molecule has 0 aromatic heterocycles. The van der Waals surface area contributed by atoms with E-state index in [-0.39, 0.29) is 0 Å². The van der Waals surface area contributed by atoms with Crippen LogP contribution in [0.4, 0.5) is 0 Å². The molecule has 0 amide bonds. The van der Waals surface area contributed by atoms with Crippen LogP contribution in [0, 0.1) is 11.8 Å². The summed E-state index contributed by atoms with van der Waals surface area (Å²) >= 11 is 0. The van der Waals surface area contributed by atoms with Crippen LogP contribution in [0.15, 0.2) is 91.1 Å². The number of hydrogen-bond donors (Lipinski definition) is 0. The van der Waals surface area contributed by atoms with Gasteiger partial charge < -0.3 is 0 Å². The molecule has 1 saturated carbocycles. The molecule has 34 heavy (non-hydrogen) atoms. The van der Waals surface area contributed by atoms with E-state index < -0.39 is 0 Å². The van der Waals surface area contributed by atoms with Gasteiger partial charge in [0.2, 0.25) is 0 Å². The topological polar surface area (TPSA) is 0 Å². The molecule has 2 aromatic carbocycles. The molecule has 0 saturated heterocycles. The van der Waals surface area contributed by atoms with Crippen LogP contribution in [0.25, 0.3) is 0 Å². The Balaban J connectivity index is 0. The summed E-state index contributed by atoms with van der Waals surface area (Å²) in [5.41, 5.74) is 6.64. The highest BCUT2D eigenvalue weighted by Gasteiger charge is 2.15. The highest BCUT2D eigenvalue weighted by Crippen LogP contribution is 2.29. The molecule has 2 aromatic rings. The van der Waals surface area contributed by atoms with Crippen molar-refractivity contribution in [3.8, 4) is 0 Å². The maximum Gasteiger partial charge on any atom is -0.00257 e. The van der Waals surface area contributed by atoms with Crippen molar-refractivity contribution in [2.24, 2.45) is 11.8 Å². The van der Waals surface area contributed by atoms with Crippen molar-refractivity contribution in [1.29, 1.82) is 0 Å². The summed E-state index contributed by atoms with van der Waals surface area (Å²) in [4.78, 5) is 0. The summed E-state index contributed by atoms with van der Waals surface area (Å²) in [5, 5.41) is 0. The average molecular weight is 463 g/mol. The van der Waals surface area contributed by atoms with Gasteiger partial charge in [-0.25, -0.2) is 0 Å². The molecule has 0 nitrogen and oxygen atoms in total. The molecule has 0 N–H and O–H groups in total. The van der Waals surface area contributed by atoms with Gasteiger partial charge >= 0.3 is 0 Å². The van der Waals surface area contributed by atoms with Crippen LogP contribution in [0.1, 0.15) is 98.3 Å². The van der Waals surface area contributed by atoms with E-state index in [0.29, 0.717) is 0 Å². The lowest BCUT2D eigenvalue weighted by atomic mass is 10.0. The lowest BCUT2D eigenvalue weighted by Crippen LogP contribution is -1.89. The fraction of sp³-hybridized carbons (Fsp3) is 0.471. The predicted octanol–water partition coefficient (Wildman–Crippen LogP) is 11.0. The zero-order chi connectivity index (χ0) is 26.4. The van der Waals surface area contributed by atoms with Crippen molar-refractivity contribution < 1.29 is 0 Å². The summed E-state index contributed by atoms with van der Waals surface area (Å²) in [5.74, 6) is 2.05. The fourth-order valence-corrected chi connectivity index (χ4v) is 3.53. The van der Waals surface area contributed by atoms with Gasteiger partial charge in [-0.2, -0.15) is 0 Å². The molecule has 190 valence electrons. The number of rotatable bonds is 4. The lowest BCUT2D eigenvalue weighted by Gasteiger charge is -2.03. The monoisotopic (exact) mass is 462 g/mol. The van der Waals surface area contributed by atoms with E-state index in [1.54, 1.807) is 6.08 Å². The van der Waals surface area contributed by atoms with Crippen LogP contribution in [-0.4, -0.2) is 0 Å². The Labute approximate surface area is 213 Å². The first-order chi connectivity index (χ1) is 16.3. The number of hydrogen-bond acceptors (Lipinski definition) is 0. The molecule has 0 spiro atoms. The molecule has 0 aliphatic heterocycles. The van der Waals surface area contributed by atoms with Crippen LogP contribution >= 0.6 is 0 Å². The summed E-state index contributed by atoms with van der Waals surface area (Å²) in [6.07, 6.45) is 10.4. The van der Waals surface area contributed by atoms with Crippen LogP contribution in [0.5, 0.6) is 0 Å². The maximum atomic E-state index is 3.76. The van der Waals surface area contributed by atoms with Gasteiger partial charge in [0.25, 0.3) is 0 Å². The van der Waals surface area contributed by atoms with Crippen LogP contribution in [-0.2, 0) is 12.8 Å². The summed E-state index contributed by atoms with van der Waals surface area (Å²) in [7, 11) is 0. The molecule has 3 rings (SSSR count). The predicted molar refractivity (Wildman–Crippen MR) is 159 cm³/mol. The standard InChI is InChI=1S/C15H16.C7H14.C7H12.C3H6.C2H6/c1-2-13-9-6-10-15(11-13)12-14-7-4-3-5-8-14;1-6-3-4-7(2)5-6;1-5-7(4)6(2)3;1-3-2;1-2/h3-11H,2,12H2,1H3;6-7H,3-5H2,1-2H3;5H,2H2,1,3-4H3;3H,1H2,2H3;1-2H3/b;;7-5+;;/t;6-,7?;;;/m.1.../s1. The summed E-state index contributed by atoms with van der Waals surface area (Å²) in [6, 6.07) is 19.5. The molecule has 1 unspecified atom stereocenters. The second kappa shape index (κ2) is 22.5. The van der Waals surface area contributed by atoms with E-state index in [0.717, 1.165) is 30.3 Å². The molecule has 0 bridgehead atoms.